The van der Waals surface area contributed by atoms with Crippen LogP contribution < -0.4 is 76.1 Å². The number of nitrogens with one attached hydrogen (secondary N) is 10. The topological polar surface area (TPSA) is 532 Å². The summed E-state index contributed by atoms with van der Waals surface area (Å²) in [5.41, 5.74) is 22.6. The van der Waals surface area contributed by atoms with Crippen LogP contribution in [0.15, 0.2) is 35.3 Å². The van der Waals surface area contributed by atoms with Gasteiger partial charge in [-0.1, -0.05) is 106 Å². The highest BCUT2D eigenvalue weighted by Gasteiger charge is 2.44. The lowest BCUT2D eigenvalue weighted by Gasteiger charge is -2.34. The highest BCUT2D eigenvalue weighted by Crippen LogP contribution is 2.25. The smallest absolute Gasteiger partial charge is 0.331 e. The summed E-state index contributed by atoms with van der Waals surface area (Å²) in [5.74, 6) is -17.2. The number of esters is 1. The Balaban J connectivity index is 3.14. The van der Waals surface area contributed by atoms with E-state index in [-0.39, 0.29) is 67.9 Å². The van der Waals surface area contributed by atoms with E-state index in [2.05, 4.69) is 47.5 Å². The first-order chi connectivity index (χ1) is 42.0. The van der Waals surface area contributed by atoms with Gasteiger partial charge in [-0.05, 0) is 74.2 Å². The summed E-state index contributed by atoms with van der Waals surface area (Å²) in [6, 6.07) is -10.7. The molecule has 90 heavy (non-hydrogen) atoms. The fourth-order valence-corrected chi connectivity index (χ4v) is 9.18. The molecule has 1 fully saturated rings. The zero-order valence-corrected chi connectivity index (χ0v) is 53.1. The van der Waals surface area contributed by atoms with Crippen molar-refractivity contribution in [2.75, 3.05) is 19.7 Å². The molecule has 32 heteroatoms. The third-order valence-corrected chi connectivity index (χ3v) is 14.5. The number of hydrogen-bond acceptors (Lipinski definition) is 19. The first kappa shape index (κ1) is 78.0. The van der Waals surface area contributed by atoms with Crippen molar-refractivity contribution < 1.29 is 82.7 Å². The van der Waals surface area contributed by atoms with E-state index in [9.17, 15) is 73.2 Å². The van der Waals surface area contributed by atoms with Gasteiger partial charge in [0.25, 0.3) is 0 Å². The molecule has 0 aromatic heterocycles. The molecule has 1 aromatic carbocycles. The molecule has 0 aliphatic carbocycles. The van der Waals surface area contributed by atoms with Gasteiger partial charge in [0.1, 0.15) is 48.3 Å². The van der Waals surface area contributed by atoms with Crippen molar-refractivity contribution >= 4 is 76.9 Å². The Morgan fingerprint density at radius 3 is 1.73 bits per heavy atom. The number of aliphatic hydroxyl groups excluding tert-OH is 4. The van der Waals surface area contributed by atoms with Crippen LogP contribution in [0.4, 0.5) is 0 Å². The SMILES string of the molecule is CCC(C)C[C@@H]1NC(=O)[C@H]([C@H](O)C(C)C)NC(=O)[C@@H](NC(=O)[C@H](CC(C)C)NC(=O)[C@H](N)CC(C)C)[C@@H](c2ccccc2)OC(=O)[C@H](CO)NC(=O)[C@H]([C@H](O)C(N)=O)NC(=O)CNC(=O)[C@H]([C@H](C)O)NC(=O)[C@H](C(C)C)NC(=O)[C@@H](CCCN=C(N)N)NC1=O. The van der Waals surface area contributed by atoms with E-state index in [1.165, 1.54) is 58.0 Å². The number of nitrogens with zero attached hydrogens (tertiary/aromatic N) is 1. The molecule has 2 rings (SSSR count). The Kier molecular flexibility index (Phi) is 32.8. The Hall–Kier alpha value is -8.07. The molecule has 0 radical (unpaired) electrons. The number of guanidine groups is 1. The number of aliphatic hydroxyl groups is 4. The number of cyclic esters (lactones) is 1. The van der Waals surface area contributed by atoms with Crippen molar-refractivity contribution in [2.45, 2.75) is 200 Å². The largest absolute Gasteiger partial charge is 0.453 e. The third kappa shape index (κ3) is 25.4. The van der Waals surface area contributed by atoms with E-state index >= 15 is 4.79 Å². The molecule has 22 N–H and O–H groups in total. The van der Waals surface area contributed by atoms with Crippen LogP contribution in [0, 0.1) is 29.6 Å². The number of benzene rings is 1. The number of carbonyl (C=O) groups excluding carboxylic acids is 12. The first-order valence-electron chi connectivity index (χ1n) is 30.1. The van der Waals surface area contributed by atoms with Crippen LogP contribution >= 0.6 is 0 Å². The molecule has 11 amide bonds. The zero-order valence-electron chi connectivity index (χ0n) is 53.1. The van der Waals surface area contributed by atoms with E-state index in [4.69, 9.17) is 27.7 Å². The van der Waals surface area contributed by atoms with E-state index in [1.54, 1.807) is 27.7 Å². The molecular weight excluding hydrogens is 1180 g/mol. The van der Waals surface area contributed by atoms with Crippen molar-refractivity contribution in [3.05, 3.63) is 35.9 Å². The van der Waals surface area contributed by atoms with Gasteiger partial charge in [-0.2, -0.15) is 0 Å². The molecule has 0 spiro atoms. The number of rotatable bonds is 23. The molecule has 1 unspecified atom stereocenters. The maximum absolute atomic E-state index is 15.4. The maximum atomic E-state index is 15.4. The fraction of sp³-hybridized carbons (Fsp3) is 0.672. The Bertz CT molecular complexity index is 2640. The predicted molar refractivity (Wildman–Crippen MR) is 326 cm³/mol. The fourth-order valence-electron chi connectivity index (χ4n) is 9.18. The molecule has 1 aliphatic heterocycles. The summed E-state index contributed by atoms with van der Waals surface area (Å²) >= 11 is 0. The summed E-state index contributed by atoms with van der Waals surface area (Å²) in [6.07, 6.45) is -7.80. The van der Waals surface area contributed by atoms with E-state index < -0.39 is 181 Å². The van der Waals surface area contributed by atoms with Gasteiger partial charge in [-0.15, -0.1) is 0 Å². The lowest BCUT2D eigenvalue weighted by Crippen LogP contribution is -2.64. The average Bonchev–Trinajstić information content (AvgIpc) is 3.10. The highest BCUT2D eigenvalue weighted by atomic mass is 16.5. The molecule has 1 aromatic rings. The van der Waals surface area contributed by atoms with Crippen LogP contribution in [-0.2, 0) is 62.3 Å². The third-order valence-electron chi connectivity index (χ3n) is 14.5. The van der Waals surface area contributed by atoms with Gasteiger partial charge >= 0.3 is 5.97 Å². The number of aliphatic imine (C=N–C) groups is 1. The number of ether oxygens (including phenoxy) is 1. The van der Waals surface area contributed by atoms with Crippen LogP contribution in [0.1, 0.15) is 126 Å². The molecule has 506 valence electrons. The van der Waals surface area contributed by atoms with Gasteiger partial charge < -0.3 is 101 Å². The number of amides is 11. The summed E-state index contributed by atoms with van der Waals surface area (Å²) in [7, 11) is 0. The molecule has 0 bridgehead atoms. The van der Waals surface area contributed by atoms with Gasteiger partial charge in [0.2, 0.25) is 65.0 Å². The number of hydrogen-bond donors (Lipinski definition) is 18. The predicted octanol–water partition coefficient (Wildman–Crippen LogP) is -5.43. The molecule has 1 heterocycles. The Labute approximate surface area is 523 Å². The summed E-state index contributed by atoms with van der Waals surface area (Å²) in [6.45, 7) is 15.3. The van der Waals surface area contributed by atoms with E-state index in [1.807, 2.05) is 24.5 Å². The number of carbonyl (C=O) groups is 12. The molecule has 32 nitrogen and oxygen atoms in total. The normalized spacial score (nSPS) is 24.7. The van der Waals surface area contributed by atoms with Crippen LogP contribution in [0.3, 0.4) is 0 Å². The minimum absolute atomic E-state index is 0.0462. The summed E-state index contributed by atoms with van der Waals surface area (Å²) in [5, 5.41) is 68.0. The van der Waals surface area contributed by atoms with Crippen molar-refractivity contribution in [2.24, 2.45) is 57.5 Å². The van der Waals surface area contributed by atoms with Crippen molar-refractivity contribution in [3.63, 3.8) is 0 Å². The molecule has 15 atom stereocenters. The van der Waals surface area contributed by atoms with Gasteiger partial charge in [0.05, 0.1) is 31.4 Å². The Morgan fingerprint density at radius 1 is 0.656 bits per heavy atom. The highest BCUT2D eigenvalue weighted by molar-refractivity contribution is 6.00. The van der Waals surface area contributed by atoms with Crippen LogP contribution in [0.5, 0.6) is 0 Å². The standard InChI is InChI=1S/C58H97N15O17/c1-12-30(10)23-36-50(82)65-34(19-16-20-63-58(61)62)49(81)70-39(28(6)7)53(85)71-40(31(11)75)52(84)64-24-38(76)69-42(45(78)47(60)79)55(87)68-37(25-74)57(89)90-46(32-17-14-13-15-18-32)43(56(88)72-41(54(86)67-36)44(77)29(8)9)73-51(83)35(22-27(4)5)66-48(80)33(59)21-26(2)3/h13-15,17-18,26-31,33-37,39-46,74-75,77-78H,12,16,19-25,59H2,1-11H3,(H2,60,79)(H,64,84)(H,65,82)(H,66,80)(H,67,86)(H,68,87)(H,69,76)(H,70,81)(H,71,85)(H,72,88)(H,73,83)(H4,61,62,63)/t30?,31-,33+,34+,35-,36-,37-,39-,40-,41-,42-,43-,44+,45-,46+/m0/s1. The van der Waals surface area contributed by atoms with Gasteiger partial charge in [0, 0.05) is 6.54 Å². The first-order valence-corrected chi connectivity index (χ1v) is 30.1. The van der Waals surface area contributed by atoms with Crippen LogP contribution in [-0.4, -0.2) is 196 Å². The van der Waals surface area contributed by atoms with E-state index in [0.29, 0.717) is 6.42 Å². The summed E-state index contributed by atoms with van der Waals surface area (Å²) in [4.78, 5) is 174. The van der Waals surface area contributed by atoms with E-state index in [0.717, 1.165) is 6.92 Å². The second-order valence-corrected chi connectivity index (χ2v) is 24.0. The Morgan fingerprint density at radius 2 is 1.20 bits per heavy atom. The zero-order chi connectivity index (χ0) is 68.4. The minimum atomic E-state index is -2.57. The second-order valence-electron chi connectivity index (χ2n) is 24.0. The molecule has 1 aliphatic rings. The van der Waals surface area contributed by atoms with Gasteiger partial charge in [-0.3, -0.25) is 57.7 Å². The maximum Gasteiger partial charge on any atom is 0.331 e. The lowest BCUT2D eigenvalue weighted by atomic mass is 9.94. The molecule has 0 saturated carbocycles. The van der Waals surface area contributed by atoms with Gasteiger partial charge in [-0.25, -0.2) is 4.79 Å². The summed E-state index contributed by atoms with van der Waals surface area (Å²) < 4.78 is 5.93. The van der Waals surface area contributed by atoms with Crippen LogP contribution in [0.2, 0.25) is 0 Å². The number of primary amides is 1. The molecular formula is C58H97N15O17. The molecule has 1 saturated heterocycles. The van der Waals surface area contributed by atoms with Gasteiger partial charge in [0.15, 0.2) is 24.2 Å². The van der Waals surface area contributed by atoms with Crippen molar-refractivity contribution in [1.82, 2.24) is 53.2 Å². The quantitative estimate of drug-likeness (QED) is 0.0210. The van der Waals surface area contributed by atoms with Crippen molar-refractivity contribution in [3.8, 4) is 0 Å². The van der Waals surface area contributed by atoms with Crippen LogP contribution in [0.25, 0.3) is 0 Å². The monoisotopic (exact) mass is 1280 g/mol. The van der Waals surface area contributed by atoms with Crippen molar-refractivity contribution in [1.29, 1.82) is 0 Å². The average molecular weight is 1280 g/mol. The minimum Gasteiger partial charge on any atom is -0.453 e. The second kappa shape index (κ2) is 37.8. The number of nitrogens with two attached hydrogens (primary N) is 4. The lowest BCUT2D eigenvalue weighted by molar-refractivity contribution is -0.159.